The molecule has 0 aromatic heterocycles. The molecule has 0 aliphatic heterocycles. The highest BCUT2D eigenvalue weighted by atomic mass is 16.6. The van der Waals surface area contributed by atoms with Crippen LogP contribution in [0, 0.1) is 17.0 Å². The summed E-state index contributed by atoms with van der Waals surface area (Å²) in [6.07, 6.45) is 1.03. The van der Waals surface area contributed by atoms with Gasteiger partial charge in [0.25, 0.3) is 11.6 Å². The van der Waals surface area contributed by atoms with Crippen LogP contribution in [0.3, 0.4) is 0 Å². The van der Waals surface area contributed by atoms with Crippen molar-refractivity contribution >= 4 is 23.3 Å². The lowest BCUT2D eigenvalue weighted by molar-refractivity contribution is -0.385. The number of anilines is 1. The molecule has 142 valence electrons. The largest absolute Gasteiger partial charge is 0.452 e. The molecule has 0 bridgehead atoms. The van der Waals surface area contributed by atoms with E-state index in [4.69, 9.17) is 4.74 Å². The summed E-state index contributed by atoms with van der Waals surface area (Å²) in [7, 11) is 0. The highest BCUT2D eigenvalue weighted by Gasteiger charge is 2.19. The van der Waals surface area contributed by atoms with Gasteiger partial charge in [-0.1, -0.05) is 32.0 Å². The maximum absolute atomic E-state index is 12.1. The number of nitrogens with one attached hydrogen (secondary N) is 1. The van der Waals surface area contributed by atoms with Crippen molar-refractivity contribution < 1.29 is 19.2 Å². The van der Waals surface area contributed by atoms with Gasteiger partial charge in [0.05, 0.1) is 10.5 Å². The van der Waals surface area contributed by atoms with Crippen LogP contribution in [-0.4, -0.2) is 23.4 Å². The fraction of sp³-hybridized carbons (Fsp3) is 0.300. The molecular formula is C20H22N2O5. The number of hydrogen-bond acceptors (Lipinski definition) is 5. The van der Waals surface area contributed by atoms with Gasteiger partial charge in [-0.3, -0.25) is 14.9 Å². The molecule has 1 N–H and O–H groups in total. The molecule has 2 rings (SSSR count). The van der Waals surface area contributed by atoms with Crippen LogP contribution in [0.5, 0.6) is 0 Å². The van der Waals surface area contributed by atoms with Crippen LogP contribution >= 0.6 is 0 Å². The summed E-state index contributed by atoms with van der Waals surface area (Å²) >= 11 is 0. The minimum Gasteiger partial charge on any atom is -0.452 e. The summed E-state index contributed by atoms with van der Waals surface area (Å²) in [5, 5.41) is 13.6. The Morgan fingerprint density at radius 1 is 1.19 bits per heavy atom. The first-order valence-corrected chi connectivity index (χ1v) is 8.64. The number of carbonyl (C=O) groups is 2. The molecule has 0 aliphatic carbocycles. The maximum Gasteiger partial charge on any atom is 0.339 e. The first kappa shape index (κ1) is 20.1. The topological polar surface area (TPSA) is 98.5 Å². The summed E-state index contributed by atoms with van der Waals surface area (Å²) in [5.74, 6) is -0.824. The smallest absolute Gasteiger partial charge is 0.339 e. The van der Waals surface area contributed by atoms with E-state index in [0.29, 0.717) is 11.6 Å². The van der Waals surface area contributed by atoms with Gasteiger partial charge < -0.3 is 10.1 Å². The Morgan fingerprint density at radius 3 is 2.44 bits per heavy atom. The van der Waals surface area contributed by atoms with Gasteiger partial charge in [-0.05, 0) is 43.0 Å². The number of esters is 1. The highest BCUT2D eigenvalue weighted by Crippen LogP contribution is 2.22. The first-order chi connectivity index (χ1) is 12.8. The third kappa shape index (κ3) is 5.13. The van der Waals surface area contributed by atoms with E-state index in [9.17, 15) is 19.7 Å². The van der Waals surface area contributed by atoms with Gasteiger partial charge in [0, 0.05) is 17.3 Å². The first-order valence-electron chi connectivity index (χ1n) is 8.64. The zero-order chi connectivity index (χ0) is 20.0. The molecule has 0 spiro atoms. The van der Waals surface area contributed by atoms with E-state index in [1.54, 1.807) is 12.1 Å². The molecule has 0 saturated heterocycles. The fourth-order valence-corrected chi connectivity index (χ4v) is 2.58. The van der Waals surface area contributed by atoms with Gasteiger partial charge in [0.2, 0.25) is 0 Å². The van der Waals surface area contributed by atoms with Crippen molar-refractivity contribution in [3.05, 3.63) is 69.3 Å². The minimum atomic E-state index is -0.779. The molecular weight excluding hydrogens is 348 g/mol. The second-order valence-electron chi connectivity index (χ2n) is 6.26. The van der Waals surface area contributed by atoms with E-state index < -0.39 is 23.4 Å². The second kappa shape index (κ2) is 8.93. The van der Waals surface area contributed by atoms with Crippen LogP contribution in [0.4, 0.5) is 11.4 Å². The highest BCUT2D eigenvalue weighted by molar-refractivity contribution is 5.96. The van der Waals surface area contributed by atoms with Crippen LogP contribution < -0.4 is 5.32 Å². The zero-order valence-electron chi connectivity index (χ0n) is 15.5. The number of ether oxygens (including phenoxy) is 1. The molecule has 2 aromatic carbocycles. The zero-order valence-corrected chi connectivity index (χ0v) is 15.5. The number of nitrogens with zero attached hydrogens (tertiary/aromatic N) is 1. The summed E-state index contributed by atoms with van der Waals surface area (Å²) < 4.78 is 4.98. The quantitative estimate of drug-likeness (QED) is 0.447. The van der Waals surface area contributed by atoms with Crippen LogP contribution in [0.15, 0.2) is 42.5 Å². The van der Waals surface area contributed by atoms with Crippen molar-refractivity contribution in [1.29, 1.82) is 0 Å². The molecule has 0 fully saturated rings. The van der Waals surface area contributed by atoms with Crippen LogP contribution in [0.25, 0.3) is 0 Å². The third-order valence-electron chi connectivity index (χ3n) is 4.43. The molecule has 2 aromatic rings. The van der Waals surface area contributed by atoms with Gasteiger partial charge in [0.1, 0.15) is 0 Å². The van der Waals surface area contributed by atoms with E-state index in [2.05, 4.69) is 19.2 Å². The predicted molar refractivity (Wildman–Crippen MR) is 102 cm³/mol. The standard InChI is InChI=1S/C20H22N2O5/c1-4-13(2)15-8-10-16(11-9-15)21-19(23)12-27-20(24)17-6-5-7-18(14(17)3)22(25)26/h5-11,13H,4,12H2,1-3H3,(H,21,23)/t13-/m0/s1. The average molecular weight is 370 g/mol. The average Bonchev–Trinajstić information content (AvgIpc) is 2.66. The Kier molecular flexibility index (Phi) is 6.65. The molecule has 1 atom stereocenters. The number of rotatable bonds is 7. The molecule has 0 aliphatic rings. The van der Waals surface area contributed by atoms with Gasteiger partial charge in [0.15, 0.2) is 6.61 Å². The molecule has 7 nitrogen and oxygen atoms in total. The molecule has 1 amide bonds. The molecule has 0 unspecified atom stereocenters. The summed E-state index contributed by atoms with van der Waals surface area (Å²) in [4.78, 5) is 34.5. The summed E-state index contributed by atoms with van der Waals surface area (Å²) in [6.45, 7) is 5.22. The van der Waals surface area contributed by atoms with Crippen LogP contribution in [0.1, 0.15) is 47.7 Å². The third-order valence-corrected chi connectivity index (χ3v) is 4.43. The fourth-order valence-electron chi connectivity index (χ4n) is 2.58. The Balaban J connectivity index is 1.95. The van der Waals surface area contributed by atoms with Crippen molar-refractivity contribution in [3.8, 4) is 0 Å². The number of hydrogen-bond donors (Lipinski definition) is 1. The minimum absolute atomic E-state index is 0.0647. The maximum atomic E-state index is 12.1. The Bertz CT molecular complexity index is 846. The van der Waals surface area contributed by atoms with E-state index in [1.165, 1.54) is 30.7 Å². The Labute approximate surface area is 157 Å². The van der Waals surface area contributed by atoms with Crippen LogP contribution in [-0.2, 0) is 9.53 Å². The van der Waals surface area contributed by atoms with Crippen molar-refractivity contribution in [1.82, 2.24) is 0 Å². The lowest BCUT2D eigenvalue weighted by atomic mass is 9.99. The molecule has 27 heavy (non-hydrogen) atoms. The number of nitro benzene ring substituents is 1. The van der Waals surface area contributed by atoms with E-state index in [-0.39, 0.29) is 16.8 Å². The van der Waals surface area contributed by atoms with Crippen molar-refractivity contribution in [2.75, 3.05) is 11.9 Å². The Morgan fingerprint density at radius 2 is 1.85 bits per heavy atom. The van der Waals surface area contributed by atoms with Gasteiger partial charge in [-0.15, -0.1) is 0 Å². The Hall–Kier alpha value is -3.22. The molecule has 0 radical (unpaired) electrons. The predicted octanol–water partition coefficient (Wildman–Crippen LogP) is 4.21. The summed E-state index contributed by atoms with van der Waals surface area (Å²) in [6, 6.07) is 11.6. The van der Waals surface area contributed by atoms with Gasteiger partial charge in [-0.25, -0.2) is 4.79 Å². The number of nitro groups is 1. The number of amides is 1. The molecule has 0 saturated carbocycles. The van der Waals surface area contributed by atoms with Crippen LogP contribution in [0.2, 0.25) is 0 Å². The van der Waals surface area contributed by atoms with E-state index in [0.717, 1.165) is 6.42 Å². The van der Waals surface area contributed by atoms with Crippen molar-refractivity contribution in [3.63, 3.8) is 0 Å². The number of carbonyl (C=O) groups excluding carboxylic acids is 2. The second-order valence-corrected chi connectivity index (χ2v) is 6.26. The summed E-state index contributed by atoms with van der Waals surface area (Å²) in [5.41, 5.74) is 1.89. The van der Waals surface area contributed by atoms with E-state index in [1.807, 2.05) is 12.1 Å². The van der Waals surface area contributed by atoms with Gasteiger partial charge >= 0.3 is 5.97 Å². The lowest BCUT2D eigenvalue weighted by Gasteiger charge is -2.11. The normalized spacial score (nSPS) is 11.5. The SMILES string of the molecule is CC[C@H](C)c1ccc(NC(=O)COC(=O)c2cccc([N+](=O)[O-])c2C)cc1. The van der Waals surface area contributed by atoms with Gasteiger partial charge in [-0.2, -0.15) is 0 Å². The van der Waals surface area contributed by atoms with Crippen molar-refractivity contribution in [2.24, 2.45) is 0 Å². The lowest BCUT2D eigenvalue weighted by Crippen LogP contribution is -2.21. The van der Waals surface area contributed by atoms with Crippen molar-refractivity contribution in [2.45, 2.75) is 33.1 Å². The van der Waals surface area contributed by atoms with E-state index >= 15 is 0 Å². The monoisotopic (exact) mass is 370 g/mol. The number of benzene rings is 2. The molecule has 0 heterocycles. The molecule has 7 heteroatoms.